The first-order valence-electron chi connectivity index (χ1n) is 10.00. The third-order valence-corrected chi connectivity index (χ3v) is 5.98. The molecule has 156 valence electrons. The van der Waals surface area contributed by atoms with E-state index < -0.39 is 5.82 Å². The van der Waals surface area contributed by atoms with Crippen molar-refractivity contribution in [3.8, 4) is 0 Å². The minimum absolute atomic E-state index is 0.193. The van der Waals surface area contributed by atoms with Crippen LogP contribution in [-0.2, 0) is 4.79 Å². The van der Waals surface area contributed by atoms with E-state index in [9.17, 15) is 9.18 Å². The maximum Gasteiger partial charge on any atom is 0.238 e. The topological polar surface area (TPSA) is 70.2 Å². The smallest absolute Gasteiger partial charge is 0.238 e. The highest BCUT2D eigenvalue weighted by Crippen LogP contribution is 2.28. The molecule has 1 fully saturated rings. The van der Waals surface area contributed by atoms with Gasteiger partial charge in [-0.15, -0.1) is 11.3 Å². The molecule has 0 unspecified atom stereocenters. The van der Waals surface area contributed by atoms with Gasteiger partial charge in [-0.25, -0.2) is 14.4 Å². The van der Waals surface area contributed by atoms with Gasteiger partial charge in [0, 0.05) is 22.7 Å². The number of hydrogen-bond donors (Lipinski definition) is 2. The third kappa shape index (κ3) is 5.20. The molecule has 0 spiro atoms. The maximum atomic E-state index is 13.7. The molecule has 4 rings (SSSR count). The van der Waals surface area contributed by atoms with Crippen molar-refractivity contribution in [3.05, 3.63) is 65.0 Å². The number of nitrogens with one attached hydrogen (secondary N) is 2. The number of hydrogen-bond acceptors (Lipinski definition) is 6. The van der Waals surface area contributed by atoms with Crippen molar-refractivity contribution in [1.29, 1.82) is 0 Å². The number of amides is 1. The molecule has 1 saturated heterocycles. The van der Waals surface area contributed by atoms with Crippen LogP contribution in [0.3, 0.4) is 0 Å². The van der Waals surface area contributed by atoms with Crippen LogP contribution in [0, 0.1) is 12.7 Å². The zero-order chi connectivity index (χ0) is 20.9. The number of piperidine rings is 1. The Morgan fingerprint density at radius 1 is 1.20 bits per heavy atom. The number of carbonyl (C=O) groups excluding carboxylic acids is 1. The molecule has 3 heterocycles. The Bertz CT molecular complexity index is 1020. The lowest BCUT2D eigenvalue weighted by atomic mass is 9.93. The number of rotatable bonds is 6. The van der Waals surface area contributed by atoms with E-state index in [1.165, 1.54) is 6.07 Å². The summed E-state index contributed by atoms with van der Waals surface area (Å²) in [6.45, 7) is 3.90. The Labute approximate surface area is 179 Å². The Hall–Kier alpha value is -2.84. The zero-order valence-corrected chi connectivity index (χ0v) is 17.6. The summed E-state index contributed by atoms with van der Waals surface area (Å²) in [7, 11) is 0. The largest absolute Gasteiger partial charge is 0.322 e. The van der Waals surface area contributed by atoms with Gasteiger partial charge in [0.05, 0.1) is 12.2 Å². The summed E-state index contributed by atoms with van der Waals surface area (Å²) >= 11 is 1.60. The lowest BCUT2D eigenvalue weighted by Gasteiger charge is -2.31. The van der Waals surface area contributed by atoms with Gasteiger partial charge in [-0.3, -0.25) is 9.69 Å². The third-order valence-electron chi connectivity index (χ3n) is 5.15. The van der Waals surface area contributed by atoms with E-state index in [0.717, 1.165) is 47.5 Å². The van der Waals surface area contributed by atoms with Crippen molar-refractivity contribution in [1.82, 2.24) is 14.9 Å². The lowest BCUT2D eigenvalue weighted by Crippen LogP contribution is -2.39. The summed E-state index contributed by atoms with van der Waals surface area (Å²) in [5.41, 5.74) is 1.28. The van der Waals surface area contributed by atoms with Crippen LogP contribution in [0.1, 0.15) is 29.3 Å². The summed E-state index contributed by atoms with van der Waals surface area (Å²) in [4.78, 5) is 24.6. The van der Waals surface area contributed by atoms with E-state index >= 15 is 0 Å². The second-order valence-electron chi connectivity index (χ2n) is 7.43. The number of para-hydroxylation sites is 1. The molecule has 0 saturated carbocycles. The maximum absolute atomic E-state index is 13.7. The fraction of sp³-hybridized carbons (Fsp3) is 0.318. The summed E-state index contributed by atoms with van der Waals surface area (Å²) in [5, 5.41) is 6.76. The molecule has 1 amide bonds. The molecular formula is C22H24FN5OS. The van der Waals surface area contributed by atoms with Crippen molar-refractivity contribution in [2.45, 2.75) is 25.7 Å². The molecule has 2 N–H and O–H groups in total. The van der Waals surface area contributed by atoms with Crippen molar-refractivity contribution in [2.75, 3.05) is 30.3 Å². The van der Waals surface area contributed by atoms with Crippen molar-refractivity contribution < 1.29 is 9.18 Å². The number of benzene rings is 1. The number of aryl methyl sites for hydroxylation is 1. The van der Waals surface area contributed by atoms with Gasteiger partial charge in [0.2, 0.25) is 5.91 Å². The molecule has 30 heavy (non-hydrogen) atoms. The quantitative estimate of drug-likeness (QED) is 0.606. The van der Waals surface area contributed by atoms with Crippen molar-refractivity contribution >= 4 is 33.9 Å². The first-order valence-corrected chi connectivity index (χ1v) is 10.8. The van der Waals surface area contributed by atoms with Gasteiger partial charge < -0.3 is 10.6 Å². The molecule has 0 bridgehead atoms. The monoisotopic (exact) mass is 425 g/mol. The molecular weight excluding hydrogens is 401 g/mol. The second kappa shape index (κ2) is 9.32. The number of nitrogens with zero attached hydrogens (tertiary/aromatic N) is 3. The molecule has 0 aliphatic carbocycles. The Kier molecular flexibility index (Phi) is 6.35. The molecule has 2 aromatic heterocycles. The standard InChI is InChI=1S/C22H24FN5OS/c1-15-13-24-22(30-15)27-20-8-4-7-18(25-20)16-9-11-28(12-10-16)14-21(29)26-19-6-3-2-5-17(19)23/h2-8,13,16H,9-12,14H2,1H3,(H,26,29)(H,24,25,27). The minimum atomic E-state index is -0.419. The van der Waals surface area contributed by atoms with Gasteiger partial charge in [-0.2, -0.15) is 0 Å². The van der Waals surface area contributed by atoms with Crippen LogP contribution < -0.4 is 10.6 Å². The highest BCUT2D eigenvalue weighted by atomic mass is 32.1. The number of likely N-dealkylation sites (tertiary alicyclic amines) is 1. The molecule has 1 aliphatic rings. The first-order chi connectivity index (χ1) is 14.6. The molecule has 8 heteroatoms. The lowest BCUT2D eigenvalue weighted by molar-refractivity contribution is -0.117. The van der Waals surface area contributed by atoms with E-state index in [-0.39, 0.29) is 18.1 Å². The van der Waals surface area contributed by atoms with Crippen LogP contribution in [0.15, 0.2) is 48.7 Å². The van der Waals surface area contributed by atoms with E-state index in [4.69, 9.17) is 4.98 Å². The van der Waals surface area contributed by atoms with Gasteiger partial charge in [-0.1, -0.05) is 18.2 Å². The van der Waals surface area contributed by atoms with Gasteiger partial charge in [0.1, 0.15) is 11.6 Å². The van der Waals surface area contributed by atoms with Crippen LogP contribution in [0.2, 0.25) is 0 Å². The summed E-state index contributed by atoms with van der Waals surface area (Å²) in [5.74, 6) is 0.544. The van der Waals surface area contributed by atoms with Crippen LogP contribution >= 0.6 is 11.3 Å². The molecule has 1 aliphatic heterocycles. The highest BCUT2D eigenvalue weighted by Gasteiger charge is 2.23. The van der Waals surface area contributed by atoms with Crippen molar-refractivity contribution in [2.24, 2.45) is 0 Å². The number of pyridine rings is 1. The number of carbonyl (C=O) groups is 1. The van der Waals surface area contributed by atoms with E-state index in [0.29, 0.717) is 5.92 Å². The molecule has 0 radical (unpaired) electrons. The first kappa shape index (κ1) is 20.4. The zero-order valence-electron chi connectivity index (χ0n) is 16.8. The average Bonchev–Trinajstić information content (AvgIpc) is 3.15. The van der Waals surface area contributed by atoms with E-state index in [1.807, 2.05) is 25.3 Å². The fourth-order valence-corrected chi connectivity index (χ4v) is 4.28. The average molecular weight is 426 g/mol. The Morgan fingerprint density at radius 3 is 2.73 bits per heavy atom. The second-order valence-corrected chi connectivity index (χ2v) is 8.66. The molecule has 6 nitrogen and oxygen atoms in total. The molecule has 1 aromatic carbocycles. The van der Waals surface area contributed by atoms with Crippen molar-refractivity contribution in [3.63, 3.8) is 0 Å². The Balaban J connectivity index is 1.29. The van der Waals surface area contributed by atoms with Gasteiger partial charge in [0.15, 0.2) is 5.13 Å². The number of anilines is 3. The van der Waals surface area contributed by atoms with Crippen LogP contribution in [0.4, 0.5) is 21.0 Å². The minimum Gasteiger partial charge on any atom is -0.322 e. The normalized spacial score (nSPS) is 15.1. The summed E-state index contributed by atoms with van der Waals surface area (Å²) in [6.07, 6.45) is 3.70. The number of halogens is 1. The van der Waals surface area contributed by atoms with E-state index in [2.05, 4.69) is 26.6 Å². The SMILES string of the molecule is Cc1cnc(Nc2cccc(C3CCN(CC(=O)Nc4ccccc4F)CC3)n2)s1. The van der Waals surface area contributed by atoms with Crippen LogP contribution in [-0.4, -0.2) is 40.4 Å². The highest BCUT2D eigenvalue weighted by molar-refractivity contribution is 7.15. The van der Waals surface area contributed by atoms with E-state index in [1.54, 1.807) is 29.5 Å². The van der Waals surface area contributed by atoms with Gasteiger partial charge in [-0.05, 0) is 57.1 Å². The summed E-state index contributed by atoms with van der Waals surface area (Å²) < 4.78 is 13.7. The Morgan fingerprint density at radius 2 is 2.00 bits per heavy atom. The predicted octanol–water partition coefficient (Wildman–Crippen LogP) is 4.55. The van der Waals surface area contributed by atoms with Crippen LogP contribution in [0.25, 0.3) is 0 Å². The van der Waals surface area contributed by atoms with Gasteiger partial charge in [0.25, 0.3) is 0 Å². The van der Waals surface area contributed by atoms with Crippen LogP contribution in [0.5, 0.6) is 0 Å². The molecule has 3 aromatic rings. The van der Waals surface area contributed by atoms with Gasteiger partial charge >= 0.3 is 0 Å². The number of aromatic nitrogens is 2. The number of thiazole rings is 1. The fourth-order valence-electron chi connectivity index (χ4n) is 3.61. The predicted molar refractivity (Wildman–Crippen MR) is 118 cm³/mol. The molecule has 0 atom stereocenters. The summed E-state index contributed by atoms with van der Waals surface area (Å²) in [6, 6.07) is 12.2.